The van der Waals surface area contributed by atoms with Crippen LogP contribution in [0.3, 0.4) is 0 Å². The molecule has 2 aliphatic rings. The highest BCUT2D eigenvalue weighted by Crippen LogP contribution is 2.39. The number of anilines is 2. The number of hydrogen-bond donors (Lipinski definition) is 2. The van der Waals surface area contributed by atoms with Crippen LogP contribution in [0.15, 0.2) is 30.6 Å². The number of hydrogen-bond acceptors (Lipinski definition) is 7. The Hall–Kier alpha value is -3.11. The second kappa shape index (κ2) is 9.80. The number of rotatable bonds is 4. The molecule has 0 aliphatic carbocycles. The summed E-state index contributed by atoms with van der Waals surface area (Å²) < 4.78 is 12.4. The van der Waals surface area contributed by atoms with Crippen molar-refractivity contribution in [3.05, 3.63) is 30.6 Å². The summed E-state index contributed by atoms with van der Waals surface area (Å²) in [5.74, 6) is 0. The average Bonchev–Trinajstić information content (AvgIpc) is 3.26. The third-order valence-corrected chi connectivity index (χ3v) is 5.84. The lowest BCUT2D eigenvalue weighted by Crippen LogP contribution is -2.52. The Morgan fingerprint density at radius 2 is 2.00 bits per heavy atom. The number of amides is 2. The van der Waals surface area contributed by atoms with E-state index in [9.17, 15) is 9.59 Å². The van der Waals surface area contributed by atoms with Crippen LogP contribution in [0.5, 0.6) is 0 Å². The third-order valence-electron chi connectivity index (χ3n) is 5.84. The largest absolute Gasteiger partial charge is 0.452 e. The molecule has 1 fully saturated rings. The first-order valence-electron chi connectivity index (χ1n) is 11.3. The lowest BCUT2D eigenvalue weighted by molar-refractivity contribution is 0.121. The van der Waals surface area contributed by atoms with Crippen LogP contribution in [0.25, 0.3) is 11.1 Å². The number of piperazine rings is 1. The summed E-state index contributed by atoms with van der Waals surface area (Å²) in [6.45, 7) is 9.40. The van der Waals surface area contributed by atoms with Crippen molar-refractivity contribution in [1.29, 1.82) is 0 Å². The topological polar surface area (TPSA) is 101 Å². The van der Waals surface area contributed by atoms with Crippen LogP contribution in [0.1, 0.15) is 20.8 Å². The van der Waals surface area contributed by atoms with E-state index < -0.39 is 12.2 Å². The number of methoxy groups -OCH3 is 1. The minimum absolute atomic E-state index is 0.251. The molecule has 1 aromatic carbocycles. The number of fused-ring (bicyclic) bond motifs is 1. The quantitative estimate of drug-likeness (QED) is 0.729. The highest BCUT2D eigenvalue weighted by molar-refractivity contribution is 6.01. The molecule has 4 rings (SSSR count). The monoisotopic (exact) mass is 456 g/mol. The second-order valence-electron chi connectivity index (χ2n) is 8.74. The molecule has 2 atom stereocenters. The SMILES string of the molecule is COC(=O)N1c2ccc(-c3cnn(CC4CNCCN4)c3)cc2N(C(=O)OC(C)C)C[C@@H]1C. The lowest BCUT2D eigenvalue weighted by Gasteiger charge is -2.40. The van der Waals surface area contributed by atoms with Crippen molar-refractivity contribution in [1.82, 2.24) is 20.4 Å². The summed E-state index contributed by atoms with van der Waals surface area (Å²) in [6.07, 6.45) is 2.66. The van der Waals surface area contributed by atoms with Crippen molar-refractivity contribution in [2.24, 2.45) is 0 Å². The molecule has 10 nitrogen and oxygen atoms in total. The average molecular weight is 457 g/mol. The maximum absolute atomic E-state index is 12.9. The zero-order chi connectivity index (χ0) is 23.5. The van der Waals surface area contributed by atoms with Crippen molar-refractivity contribution in [3.8, 4) is 11.1 Å². The normalized spacial score (nSPS) is 20.5. The Bertz CT molecular complexity index is 1000. The van der Waals surface area contributed by atoms with Crippen molar-refractivity contribution in [2.45, 2.75) is 45.5 Å². The van der Waals surface area contributed by atoms with Gasteiger partial charge in [0.05, 0.1) is 49.9 Å². The van der Waals surface area contributed by atoms with Gasteiger partial charge >= 0.3 is 12.2 Å². The molecule has 2 aromatic rings. The summed E-state index contributed by atoms with van der Waals surface area (Å²) in [4.78, 5) is 28.5. The molecule has 10 heteroatoms. The fourth-order valence-corrected chi connectivity index (χ4v) is 4.30. The van der Waals surface area contributed by atoms with Gasteiger partial charge in [0.2, 0.25) is 0 Å². The number of benzene rings is 1. The molecule has 2 N–H and O–H groups in total. The van der Waals surface area contributed by atoms with Crippen molar-refractivity contribution in [2.75, 3.05) is 43.1 Å². The molecule has 1 aromatic heterocycles. The maximum atomic E-state index is 12.9. The summed E-state index contributed by atoms with van der Waals surface area (Å²) in [7, 11) is 1.35. The zero-order valence-corrected chi connectivity index (χ0v) is 19.6. The summed E-state index contributed by atoms with van der Waals surface area (Å²) in [5.41, 5.74) is 3.04. The van der Waals surface area contributed by atoms with Gasteiger partial charge in [0.25, 0.3) is 0 Å². The van der Waals surface area contributed by atoms with E-state index in [2.05, 4.69) is 15.7 Å². The van der Waals surface area contributed by atoms with Gasteiger partial charge < -0.3 is 20.1 Å². The van der Waals surface area contributed by atoms with Crippen LogP contribution in [0.2, 0.25) is 0 Å². The van der Waals surface area contributed by atoms with E-state index in [1.54, 1.807) is 9.80 Å². The van der Waals surface area contributed by atoms with Crippen LogP contribution in [-0.2, 0) is 16.0 Å². The highest BCUT2D eigenvalue weighted by atomic mass is 16.6. The minimum Gasteiger partial charge on any atom is -0.452 e. The Kier molecular flexibility index (Phi) is 6.85. The maximum Gasteiger partial charge on any atom is 0.414 e. The summed E-state index contributed by atoms with van der Waals surface area (Å²) in [5, 5.41) is 11.4. The van der Waals surface area contributed by atoms with Crippen LogP contribution in [0.4, 0.5) is 21.0 Å². The van der Waals surface area contributed by atoms with E-state index in [0.29, 0.717) is 24.0 Å². The van der Waals surface area contributed by atoms with Gasteiger partial charge in [-0.1, -0.05) is 6.07 Å². The van der Waals surface area contributed by atoms with E-state index in [1.807, 2.05) is 56.0 Å². The molecule has 0 spiro atoms. The number of ether oxygens (including phenoxy) is 2. The van der Waals surface area contributed by atoms with Crippen LogP contribution in [-0.4, -0.2) is 73.4 Å². The summed E-state index contributed by atoms with van der Waals surface area (Å²) in [6, 6.07) is 5.74. The zero-order valence-electron chi connectivity index (χ0n) is 19.6. The van der Waals surface area contributed by atoms with Crippen molar-refractivity contribution < 1.29 is 19.1 Å². The molecule has 1 unspecified atom stereocenters. The first-order valence-corrected chi connectivity index (χ1v) is 11.3. The van der Waals surface area contributed by atoms with Crippen molar-refractivity contribution in [3.63, 3.8) is 0 Å². The van der Waals surface area contributed by atoms with Gasteiger partial charge in [0.15, 0.2) is 0 Å². The molecular weight excluding hydrogens is 424 g/mol. The molecule has 2 amide bonds. The molecule has 33 heavy (non-hydrogen) atoms. The van der Waals surface area contributed by atoms with E-state index in [1.165, 1.54) is 7.11 Å². The molecule has 2 aliphatic heterocycles. The molecule has 178 valence electrons. The second-order valence-corrected chi connectivity index (χ2v) is 8.74. The Labute approximate surface area is 193 Å². The molecule has 1 saturated heterocycles. The van der Waals surface area contributed by atoms with Gasteiger partial charge in [0, 0.05) is 37.4 Å². The smallest absolute Gasteiger partial charge is 0.414 e. The van der Waals surface area contributed by atoms with Crippen LogP contribution >= 0.6 is 0 Å². The van der Waals surface area contributed by atoms with Gasteiger partial charge in [-0.3, -0.25) is 14.5 Å². The molecule has 0 saturated carbocycles. The van der Waals surface area contributed by atoms with E-state index in [4.69, 9.17) is 9.47 Å². The number of carbonyl (C=O) groups excluding carboxylic acids is 2. The molecule has 0 radical (unpaired) electrons. The van der Waals surface area contributed by atoms with E-state index >= 15 is 0 Å². The van der Waals surface area contributed by atoms with Gasteiger partial charge in [0.1, 0.15) is 0 Å². The van der Waals surface area contributed by atoms with Crippen LogP contribution in [0, 0.1) is 0 Å². The molecule has 0 bridgehead atoms. The number of aromatic nitrogens is 2. The lowest BCUT2D eigenvalue weighted by atomic mass is 10.0. The fourth-order valence-electron chi connectivity index (χ4n) is 4.30. The third kappa shape index (κ3) is 4.96. The first kappa shape index (κ1) is 23.1. The van der Waals surface area contributed by atoms with Crippen molar-refractivity contribution >= 4 is 23.6 Å². The van der Waals surface area contributed by atoms with Crippen LogP contribution < -0.4 is 20.4 Å². The fraction of sp³-hybridized carbons (Fsp3) is 0.522. The van der Waals surface area contributed by atoms with E-state index in [0.717, 1.165) is 37.3 Å². The Morgan fingerprint density at radius 1 is 1.18 bits per heavy atom. The number of nitrogens with zero attached hydrogens (tertiary/aromatic N) is 4. The van der Waals surface area contributed by atoms with Gasteiger partial charge in [-0.05, 0) is 38.5 Å². The van der Waals surface area contributed by atoms with E-state index in [-0.39, 0.29) is 12.1 Å². The molecule has 3 heterocycles. The Balaban J connectivity index is 1.65. The van der Waals surface area contributed by atoms with Gasteiger partial charge in [-0.2, -0.15) is 5.10 Å². The predicted octanol–water partition coefficient (Wildman–Crippen LogP) is 2.44. The first-order chi connectivity index (χ1) is 15.9. The summed E-state index contributed by atoms with van der Waals surface area (Å²) >= 11 is 0. The standard InChI is InChI=1S/C23H32N6O4/c1-15(2)33-22(30)28-12-16(3)29(23(31)32-4)20-6-5-17(9-21(20)28)18-10-26-27(13-18)14-19-11-24-7-8-25-19/h5-6,9-10,13,15-16,19,24-25H,7-8,11-12,14H2,1-4H3/t16-,19?/m0/s1. The number of nitrogens with one attached hydrogen (secondary N) is 2. The van der Waals surface area contributed by atoms with Gasteiger partial charge in [-0.25, -0.2) is 9.59 Å². The predicted molar refractivity (Wildman–Crippen MR) is 126 cm³/mol. The number of carbonyl (C=O) groups is 2. The van der Waals surface area contributed by atoms with Gasteiger partial charge in [-0.15, -0.1) is 0 Å². The highest BCUT2D eigenvalue weighted by Gasteiger charge is 2.36. The minimum atomic E-state index is -0.463. The Morgan fingerprint density at radius 3 is 2.70 bits per heavy atom. The molecular formula is C23H32N6O4.